The highest BCUT2D eigenvalue weighted by atomic mass is 19.1. The van der Waals surface area contributed by atoms with Crippen LogP contribution in [0.4, 0.5) is 4.39 Å². The van der Waals surface area contributed by atoms with Crippen LogP contribution < -0.4 is 11.2 Å². The molecule has 2 aromatic rings. The summed E-state index contributed by atoms with van der Waals surface area (Å²) in [6, 6.07) is 2.80. The number of pyridine rings is 1. The van der Waals surface area contributed by atoms with Gasteiger partial charge in [-0.05, 0) is 6.07 Å². The van der Waals surface area contributed by atoms with Crippen molar-refractivity contribution in [3.63, 3.8) is 0 Å². The maximum Gasteiger partial charge on any atom is 0.351 e. The Kier molecular flexibility index (Phi) is 4.24. The predicted molar refractivity (Wildman–Crippen MR) is 78.1 cm³/mol. The molecule has 0 spiro atoms. The smallest absolute Gasteiger partial charge is 0.351 e. The van der Waals surface area contributed by atoms with E-state index in [-0.39, 0.29) is 17.8 Å². The molecule has 0 bridgehead atoms. The number of methoxy groups -OCH3 is 2. The molecule has 8 nitrogen and oxygen atoms in total. The van der Waals surface area contributed by atoms with Crippen LogP contribution in [0.5, 0.6) is 0 Å². The number of halogens is 1. The number of nitrogens with zero attached hydrogens (tertiary/aromatic N) is 2. The second kappa shape index (κ2) is 6.19. The quantitative estimate of drug-likeness (QED) is 0.849. The molecular weight excluding hydrogens is 309 g/mol. The third kappa shape index (κ3) is 2.78. The topological polar surface area (TPSA) is 95.4 Å². The van der Waals surface area contributed by atoms with Crippen molar-refractivity contribution in [1.82, 2.24) is 14.5 Å². The number of rotatable bonds is 4. The van der Waals surface area contributed by atoms with Crippen molar-refractivity contribution >= 4 is 11.0 Å². The summed E-state index contributed by atoms with van der Waals surface area (Å²) in [6.07, 6.45) is -2.81. The number of aromatic amines is 1. The number of hydrogen-bond acceptors (Lipinski definition) is 6. The Bertz CT molecular complexity index is 820. The van der Waals surface area contributed by atoms with E-state index >= 15 is 0 Å². The molecule has 0 unspecified atom stereocenters. The molecule has 0 aliphatic carbocycles. The highest BCUT2D eigenvalue weighted by Gasteiger charge is 2.46. The lowest BCUT2D eigenvalue weighted by Crippen LogP contribution is -2.35. The fourth-order valence-corrected chi connectivity index (χ4v) is 2.71. The summed E-state index contributed by atoms with van der Waals surface area (Å²) in [5, 5.41) is 0.490. The molecule has 3 rings (SSSR count). The fraction of sp³-hybridized carbons (Fsp3) is 0.500. The average molecular weight is 325 g/mol. The summed E-state index contributed by atoms with van der Waals surface area (Å²) in [7, 11) is 2.84. The standard InChI is InChI=1S/C14H16FN3O5/c1-21-6-8-11(22-2)10(15)13(23-8)18-5-7-3-4-9(19)16-12(7)17-14(18)20/h3-5,8,10-11,13H,6H2,1-2H3,(H,16,17,19,20)/t8-,10-,11-,13-/m1/s1. The molecule has 1 aliphatic heterocycles. The molecular formula is C14H16FN3O5. The van der Waals surface area contributed by atoms with Gasteiger partial charge < -0.3 is 19.2 Å². The van der Waals surface area contributed by atoms with Gasteiger partial charge >= 0.3 is 5.69 Å². The summed E-state index contributed by atoms with van der Waals surface area (Å²) in [6.45, 7) is 0.137. The first-order chi connectivity index (χ1) is 11.0. The number of H-pyrrole nitrogens is 1. The second-order valence-corrected chi connectivity index (χ2v) is 5.22. The SMILES string of the molecule is COC[C@H]1O[C@@H](n2cc3ccc(=O)[nH]c3nc2=O)[C@H](F)[C@@H]1OC. The first-order valence-electron chi connectivity index (χ1n) is 6.98. The zero-order valence-corrected chi connectivity index (χ0v) is 12.6. The Labute approximate surface area is 129 Å². The molecule has 23 heavy (non-hydrogen) atoms. The maximum absolute atomic E-state index is 14.6. The molecule has 0 saturated carbocycles. The largest absolute Gasteiger partial charge is 0.382 e. The third-order valence-corrected chi connectivity index (χ3v) is 3.78. The van der Waals surface area contributed by atoms with E-state index in [1.54, 1.807) is 0 Å². The van der Waals surface area contributed by atoms with Crippen molar-refractivity contribution in [3.05, 3.63) is 39.2 Å². The Balaban J connectivity index is 2.02. The Morgan fingerprint density at radius 1 is 1.39 bits per heavy atom. The van der Waals surface area contributed by atoms with Crippen LogP contribution in [0.15, 0.2) is 27.9 Å². The third-order valence-electron chi connectivity index (χ3n) is 3.78. The van der Waals surface area contributed by atoms with E-state index in [2.05, 4.69) is 9.97 Å². The summed E-state index contributed by atoms with van der Waals surface area (Å²) in [5.41, 5.74) is -0.953. The normalized spacial score (nSPS) is 27.6. The Morgan fingerprint density at radius 2 is 2.17 bits per heavy atom. The Hall–Kier alpha value is -2.10. The number of fused-ring (bicyclic) bond motifs is 1. The number of ether oxygens (including phenoxy) is 3. The van der Waals surface area contributed by atoms with Crippen LogP contribution in [-0.4, -0.2) is 53.7 Å². The van der Waals surface area contributed by atoms with Crippen molar-refractivity contribution < 1.29 is 18.6 Å². The van der Waals surface area contributed by atoms with Crippen LogP contribution in [0.2, 0.25) is 0 Å². The molecule has 3 heterocycles. The van der Waals surface area contributed by atoms with Crippen LogP contribution in [0.1, 0.15) is 6.23 Å². The van der Waals surface area contributed by atoms with Gasteiger partial charge in [-0.15, -0.1) is 0 Å². The molecule has 0 aromatic carbocycles. The van der Waals surface area contributed by atoms with Gasteiger partial charge in [0.05, 0.1) is 6.61 Å². The summed E-state index contributed by atoms with van der Waals surface area (Å²) in [5.74, 6) is 0. The Morgan fingerprint density at radius 3 is 2.87 bits per heavy atom. The fourth-order valence-electron chi connectivity index (χ4n) is 2.71. The van der Waals surface area contributed by atoms with Gasteiger partial charge in [0.15, 0.2) is 12.4 Å². The average Bonchev–Trinajstić information content (AvgIpc) is 2.82. The highest BCUT2D eigenvalue weighted by molar-refractivity contribution is 5.72. The lowest BCUT2D eigenvalue weighted by molar-refractivity contribution is -0.0623. The van der Waals surface area contributed by atoms with Crippen molar-refractivity contribution in [2.45, 2.75) is 24.6 Å². The highest BCUT2D eigenvalue weighted by Crippen LogP contribution is 2.33. The molecule has 0 amide bonds. The zero-order chi connectivity index (χ0) is 16.6. The van der Waals surface area contributed by atoms with Crippen molar-refractivity contribution in [3.8, 4) is 0 Å². The van der Waals surface area contributed by atoms with E-state index in [4.69, 9.17) is 14.2 Å². The lowest BCUT2D eigenvalue weighted by Gasteiger charge is -2.16. The molecule has 2 aromatic heterocycles. The number of alkyl halides is 1. The van der Waals surface area contributed by atoms with E-state index in [1.165, 1.54) is 32.5 Å². The molecule has 9 heteroatoms. The minimum absolute atomic E-state index is 0.137. The van der Waals surface area contributed by atoms with Gasteiger partial charge in [0, 0.05) is 31.9 Å². The number of aromatic nitrogens is 3. The van der Waals surface area contributed by atoms with Gasteiger partial charge in [-0.1, -0.05) is 0 Å². The summed E-state index contributed by atoms with van der Waals surface area (Å²) >= 11 is 0. The van der Waals surface area contributed by atoms with Crippen LogP contribution in [-0.2, 0) is 14.2 Å². The van der Waals surface area contributed by atoms with Crippen LogP contribution >= 0.6 is 0 Å². The predicted octanol–water partition coefficient (Wildman–Crippen LogP) is -0.0183. The van der Waals surface area contributed by atoms with E-state index in [0.717, 1.165) is 4.57 Å². The number of nitrogens with one attached hydrogen (secondary N) is 1. The molecule has 4 atom stereocenters. The zero-order valence-electron chi connectivity index (χ0n) is 12.6. The molecule has 1 saturated heterocycles. The van der Waals surface area contributed by atoms with Crippen molar-refractivity contribution in [1.29, 1.82) is 0 Å². The monoisotopic (exact) mass is 325 g/mol. The summed E-state index contributed by atoms with van der Waals surface area (Å²) < 4.78 is 31.4. The van der Waals surface area contributed by atoms with E-state index in [1.807, 2.05) is 0 Å². The first-order valence-corrected chi connectivity index (χ1v) is 6.98. The maximum atomic E-state index is 14.6. The summed E-state index contributed by atoms with van der Waals surface area (Å²) in [4.78, 5) is 29.6. The second-order valence-electron chi connectivity index (χ2n) is 5.22. The lowest BCUT2D eigenvalue weighted by atomic mass is 10.1. The molecule has 1 aliphatic rings. The van der Waals surface area contributed by atoms with Crippen LogP contribution in [0, 0.1) is 0 Å². The van der Waals surface area contributed by atoms with E-state index < -0.39 is 30.3 Å². The molecule has 1 fully saturated rings. The molecule has 124 valence electrons. The van der Waals surface area contributed by atoms with Gasteiger partial charge in [-0.2, -0.15) is 4.98 Å². The van der Waals surface area contributed by atoms with Gasteiger partial charge in [-0.25, -0.2) is 9.18 Å². The van der Waals surface area contributed by atoms with Crippen LogP contribution in [0.25, 0.3) is 11.0 Å². The van der Waals surface area contributed by atoms with Gasteiger partial charge in [-0.3, -0.25) is 9.36 Å². The van der Waals surface area contributed by atoms with Gasteiger partial charge in [0.1, 0.15) is 17.9 Å². The van der Waals surface area contributed by atoms with Crippen molar-refractivity contribution in [2.24, 2.45) is 0 Å². The van der Waals surface area contributed by atoms with Crippen LogP contribution in [0.3, 0.4) is 0 Å². The van der Waals surface area contributed by atoms with Gasteiger partial charge in [0.2, 0.25) is 5.56 Å². The first kappa shape index (κ1) is 15.8. The minimum Gasteiger partial charge on any atom is -0.382 e. The molecule has 1 N–H and O–H groups in total. The van der Waals surface area contributed by atoms with Crippen molar-refractivity contribution in [2.75, 3.05) is 20.8 Å². The van der Waals surface area contributed by atoms with Gasteiger partial charge in [0.25, 0.3) is 0 Å². The minimum atomic E-state index is -1.56. The van der Waals surface area contributed by atoms with E-state index in [9.17, 15) is 14.0 Å². The molecule has 0 radical (unpaired) electrons. The van der Waals surface area contributed by atoms with E-state index in [0.29, 0.717) is 5.39 Å². The number of hydrogen-bond donors (Lipinski definition) is 1.